The van der Waals surface area contributed by atoms with Crippen molar-refractivity contribution in [3.05, 3.63) is 0 Å². The van der Waals surface area contributed by atoms with E-state index < -0.39 is 12.1 Å². The first kappa shape index (κ1) is 19.0. The minimum Gasteiger partial charge on any atom is -0.464 e. The summed E-state index contributed by atoms with van der Waals surface area (Å²) in [7, 11) is 3.72. The zero-order valence-corrected chi connectivity index (χ0v) is 12.3. The highest BCUT2D eigenvalue weighted by Gasteiger charge is 2.38. The maximum atomic E-state index is 11.8. The lowest BCUT2D eigenvalue weighted by molar-refractivity contribution is -0.173. The molecule has 0 aromatic carbocycles. The largest absolute Gasteiger partial charge is 0.471 e. The molecule has 0 unspecified atom stereocenters. The molecule has 1 N–H and O–H groups in total. The first-order valence-corrected chi connectivity index (χ1v) is 7.12. The summed E-state index contributed by atoms with van der Waals surface area (Å²) in [4.78, 5) is 23.6. The van der Waals surface area contributed by atoms with Crippen LogP contribution in [0.25, 0.3) is 0 Å². The average Bonchev–Trinajstić information content (AvgIpc) is 2.31. The fourth-order valence-corrected chi connectivity index (χ4v) is 1.77. The van der Waals surface area contributed by atoms with E-state index in [1.54, 1.807) is 5.32 Å². The van der Waals surface area contributed by atoms with Gasteiger partial charge >= 0.3 is 18.1 Å². The summed E-state index contributed by atoms with van der Waals surface area (Å²) in [6, 6.07) is 0. The fourth-order valence-electron chi connectivity index (χ4n) is 1.01. The number of carbonyl (C=O) groups is 2. The van der Waals surface area contributed by atoms with Gasteiger partial charge in [-0.2, -0.15) is 24.9 Å². The molecule has 0 spiro atoms. The third-order valence-corrected chi connectivity index (χ3v) is 3.03. The highest BCUT2D eigenvalue weighted by Crippen LogP contribution is 2.14. The smallest absolute Gasteiger partial charge is 0.464 e. The van der Waals surface area contributed by atoms with Gasteiger partial charge in [0.15, 0.2) is 0 Å². The number of carbonyl (C=O) groups excluding carboxylic acids is 2. The molecule has 9 heteroatoms. The maximum absolute atomic E-state index is 11.8. The van der Waals surface area contributed by atoms with Crippen LogP contribution in [0.2, 0.25) is 0 Å². The van der Waals surface area contributed by atoms with Crippen LogP contribution in [0, 0.1) is 0 Å². The van der Waals surface area contributed by atoms with Crippen LogP contribution in [0.1, 0.15) is 6.42 Å². The van der Waals surface area contributed by atoms with Gasteiger partial charge in [0.05, 0.1) is 6.42 Å². The van der Waals surface area contributed by atoms with Crippen molar-refractivity contribution in [2.24, 2.45) is 0 Å². The minimum absolute atomic E-state index is 0.0846. The van der Waals surface area contributed by atoms with Gasteiger partial charge in [0.2, 0.25) is 0 Å². The number of ether oxygens (including phenoxy) is 1. The van der Waals surface area contributed by atoms with Crippen LogP contribution in [0.3, 0.4) is 0 Å². The van der Waals surface area contributed by atoms with E-state index in [9.17, 15) is 22.8 Å². The third-order valence-electron chi connectivity index (χ3n) is 2.04. The molecule has 118 valence electrons. The number of halogens is 3. The van der Waals surface area contributed by atoms with Crippen molar-refractivity contribution in [3.8, 4) is 0 Å². The van der Waals surface area contributed by atoms with E-state index in [1.807, 2.05) is 19.0 Å². The zero-order valence-electron chi connectivity index (χ0n) is 11.5. The number of nitrogens with one attached hydrogen (secondary N) is 1. The number of alkyl halides is 3. The second-order valence-corrected chi connectivity index (χ2v) is 5.36. The second kappa shape index (κ2) is 9.87. The molecule has 0 fully saturated rings. The Hall–Kier alpha value is -0.960. The standard InChI is InChI=1S/C11H19F3N2O3S/c1-16(2)5-6-19-9(17)3-7-20-8-4-15-10(18)11(12,13)14/h3-8H2,1-2H3,(H,15,18). The Kier molecular flexibility index (Phi) is 9.39. The maximum Gasteiger partial charge on any atom is 0.471 e. The molecule has 0 aliphatic rings. The Labute approximate surface area is 120 Å². The van der Waals surface area contributed by atoms with E-state index in [-0.39, 0.29) is 18.9 Å². The molecular weight excluding hydrogens is 297 g/mol. The summed E-state index contributed by atoms with van der Waals surface area (Å²) in [5.74, 6) is -1.52. The van der Waals surface area contributed by atoms with Crippen molar-refractivity contribution in [1.29, 1.82) is 0 Å². The molecule has 0 aromatic rings. The number of thioether (sulfide) groups is 1. The van der Waals surface area contributed by atoms with Crippen LogP contribution in [0.15, 0.2) is 0 Å². The lowest BCUT2D eigenvalue weighted by Crippen LogP contribution is -2.37. The van der Waals surface area contributed by atoms with Gasteiger partial charge in [-0.25, -0.2) is 0 Å². The Bertz CT molecular complexity index is 312. The molecule has 20 heavy (non-hydrogen) atoms. The lowest BCUT2D eigenvalue weighted by Gasteiger charge is -2.10. The van der Waals surface area contributed by atoms with Gasteiger partial charge in [0, 0.05) is 24.6 Å². The number of hydrogen-bond donors (Lipinski definition) is 1. The van der Waals surface area contributed by atoms with Gasteiger partial charge in [-0.3, -0.25) is 9.59 Å². The molecule has 0 saturated heterocycles. The SMILES string of the molecule is CN(C)CCOC(=O)CCSCCNC(=O)C(F)(F)F. The summed E-state index contributed by atoms with van der Waals surface area (Å²) >= 11 is 1.28. The molecule has 5 nitrogen and oxygen atoms in total. The van der Waals surface area contributed by atoms with Crippen molar-refractivity contribution in [2.75, 3.05) is 45.3 Å². The van der Waals surface area contributed by atoms with Gasteiger partial charge in [-0.15, -0.1) is 0 Å². The molecule has 0 aliphatic heterocycles. The monoisotopic (exact) mass is 316 g/mol. The first-order valence-electron chi connectivity index (χ1n) is 5.96. The summed E-state index contributed by atoms with van der Waals surface area (Å²) in [6.45, 7) is 0.874. The number of esters is 1. The molecule has 0 atom stereocenters. The highest BCUT2D eigenvalue weighted by molar-refractivity contribution is 7.99. The fraction of sp³-hybridized carbons (Fsp3) is 0.818. The van der Waals surface area contributed by atoms with E-state index in [0.717, 1.165) is 0 Å². The van der Waals surface area contributed by atoms with Crippen LogP contribution in [-0.2, 0) is 14.3 Å². The number of likely N-dealkylation sites (N-methyl/N-ethyl adjacent to an activating group) is 1. The van der Waals surface area contributed by atoms with Gasteiger partial charge in [0.25, 0.3) is 0 Å². The predicted molar refractivity (Wildman–Crippen MR) is 70.5 cm³/mol. The van der Waals surface area contributed by atoms with Crippen LogP contribution in [0.5, 0.6) is 0 Å². The number of hydrogen-bond acceptors (Lipinski definition) is 5. The molecule has 0 aliphatic carbocycles. The molecule has 0 radical (unpaired) electrons. The lowest BCUT2D eigenvalue weighted by atomic mass is 10.5. The van der Waals surface area contributed by atoms with E-state index in [2.05, 4.69) is 0 Å². The van der Waals surface area contributed by atoms with Crippen LogP contribution >= 0.6 is 11.8 Å². The molecular formula is C11H19F3N2O3S. The van der Waals surface area contributed by atoms with Crippen LogP contribution in [-0.4, -0.2) is 68.3 Å². The average molecular weight is 316 g/mol. The Morgan fingerprint density at radius 3 is 2.45 bits per heavy atom. The summed E-state index contributed by atoms with van der Waals surface area (Å²) in [6.07, 6.45) is -4.65. The van der Waals surface area contributed by atoms with E-state index >= 15 is 0 Å². The second-order valence-electron chi connectivity index (χ2n) is 4.14. The number of rotatable bonds is 9. The van der Waals surface area contributed by atoms with Gasteiger partial charge < -0.3 is 15.0 Å². The van der Waals surface area contributed by atoms with E-state index in [0.29, 0.717) is 24.7 Å². The molecule has 0 rings (SSSR count). The van der Waals surface area contributed by atoms with Gasteiger partial charge in [-0.1, -0.05) is 0 Å². The summed E-state index contributed by atoms with van der Waals surface area (Å²) in [5, 5.41) is 1.75. The number of amides is 1. The molecule has 0 bridgehead atoms. The van der Waals surface area contributed by atoms with Crippen molar-refractivity contribution < 1.29 is 27.5 Å². The summed E-state index contributed by atoms with van der Waals surface area (Å²) in [5.41, 5.74) is 0. The predicted octanol–water partition coefficient (Wildman–Crippen LogP) is 0.893. The van der Waals surface area contributed by atoms with Crippen LogP contribution < -0.4 is 5.32 Å². The normalized spacial score (nSPS) is 11.5. The first-order chi connectivity index (χ1) is 9.23. The molecule has 0 saturated carbocycles. The zero-order chi connectivity index (χ0) is 15.6. The number of nitrogens with zero attached hydrogens (tertiary/aromatic N) is 1. The summed E-state index contributed by atoms with van der Waals surface area (Å²) < 4.78 is 40.4. The van der Waals surface area contributed by atoms with Crippen molar-refractivity contribution >= 4 is 23.6 Å². The van der Waals surface area contributed by atoms with E-state index in [1.165, 1.54) is 11.8 Å². The van der Waals surface area contributed by atoms with Crippen molar-refractivity contribution in [3.63, 3.8) is 0 Å². The third kappa shape index (κ3) is 10.9. The molecule has 0 heterocycles. The Morgan fingerprint density at radius 2 is 1.90 bits per heavy atom. The Morgan fingerprint density at radius 1 is 1.25 bits per heavy atom. The van der Waals surface area contributed by atoms with Gasteiger partial charge in [-0.05, 0) is 14.1 Å². The quantitative estimate of drug-likeness (QED) is 0.506. The van der Waals surface area contributed by atoms with Crippen molar-refractivity contribution in [1.82, 2.24) is 10.2 Å². The molecule has 0 aromatic heterocycles. The molecule has 1 amide bonds. The van der Waals surface area contributed by atoms with Crippen molar-refractivity contribution in [2.45, 2.75) is 12.6 Å². The topological polar surface area (TPSA) is 58.6 Å². The minimum atomic E-state index is -4.85. The Balaban J connectivity index is 3.44. The van der Waals surface area contributed by atoms with E-state index in [4.69, 9.17) is 4.74 Å². The van der Waals surface area contributed by atoms with Gasteiger partial charge in [0.1, 0.15) is 6.61 Å². The highest BCUT2D eigenvalue weighted by atomic mass is 32.2. The van der Waals surface area contributed by atoms with Crippen LogP contribution in [0.4, 0.5) is 13.2 Å².